The van der Waals surface area contributed by atoms with Gasteiger partial charge in [-0.2, -0.15) is 4.98 Å². The van der Waals surface area contributed by atoms with E-state index in [1.54, 1.807) is 12.0 Å². The van der Waals surface area contributed by atoms with Crippen molar-refractivity contribution >= 4 is 18.2 Å². The third-order valence-electron chi connectivity index (χ3n) is 4.50. The topological polar surface area (TPSA) is 70.6 Å². The molecule has 3 rings (SSSR count). The van der Waals surface area contributed by atoms with Crippen molar-refractivity contribution in [1.29, 1.82) is 0 Å². The molecule has 7 heteroatoms. The van der Waals surface area contributed by atoms with Crippen LogP contribution in [-0.2, 0) is 11.2 Å². The molecule has 1 aliphatic rings. The van der Waals surface area contributed by atoms with Crippen molar-refractivity contribution in [3.8, 4) is 5.75 Å². The van der Waals surface area contributed by atoms with Gasteiger partial charge in [-0.15, -0.1) is 0 Å². The van der Waals surface area contributed by atoms with E-state index in [1.165, 1.54) is 0 Å². The number of benzene rings is 1. The van der Waals surface area contributed by atoms with E-state index in [9.17, 15) is 4.79 Å². The van der Waals surface area contributed by atoms with Crippen LogP contribution >= 0.6 is 0 Å². The molecule has 1 aromatic carbocycles. The molecule has 0 saturated carbocycles. The summed E-state index contributed by atoms with van der Waals surface area (Å²) in [6.07, 6.45) is 1.74. The van der Waals surface area contributed by atoms with E-state index in [4.69, 9.17) is 4.74 Å². The highest BCUT2D eigenvalue weighted by atomic mass is 16.5. The Morgan fingerprint density at radius 1 is 1.19 bits per heavy atom. The lowest BCUT2D eigenvalue weighted by atomic mass is 10.1. The van der Waals surface area contributed by atoms with E-state index in [2.05, 4.69) is 26.3 Å². The minimum absolute atomic E-state index is 0.632. The maximum atomic E-state index is 10.9. The molecule has 1 amide bonds. The molecule has 0 radical (unpaired) electrons. The Hall–Kier alpha value is -2.83. The molecule has 1 N–H and O–H groups in total. The van der Waals surface area contributed by atoms with Crippen molar-refractivity contribution < 1.29 is 9.53 Å². The maximum absolute atomic E-state index is 10.9. The number of rotatable bonds is 7. The van der Waals surface area contributed by atoms with E-state index in [0.717, 1.165) is 68.4 Å². The zero-order valence-corrected chi connectivity index (χ0v) is 15.3. The number of anilines is 2. The average molecular weight is 355 g/mol. The van der Waals surface area contributed by atoms with Crippen LogP contribution in [0.1, 0.15) is 11.3 Å². The zero-order chi connectivity index (χ0) is 18.4. The van der Waals surface area contributed by atoms with Gasteiger partial charge in [-0.25, -0.2) is 4.98 Å². The van der Waals surface area contributed by atoms with Crippen LogP contribution in [0.2, 0.25) is 0 Å². The van der Waals surface area contributed by atoms with Crippen LogP contribution in [0, 0.1) is 6.92 Å². The molecule has 0 spiro atoms. The van der Waals surface area contributed by atoms with E-state index in [1.807, 2.05) is 31.2 Å². The largest absolute Gasteiger partial charge is 0.496 e. The number of aryl methyl sites for hydroxylation is 1. The molecular weight excluding hydrogens is 330 g/mol. The van der Waals surface area contributed by atoms with Crippen LogP contribution in [0.3, 0.4) is 0 Å². The zero-order valence-electron chi connectivity index (χ0n) is 15.3. The van der Waals surface area contributed by atoms with Crippen molar-refractivity contribution in [3.05, 3.63) is 41.6 Å². The second kappa shape index (κ2) is 8.51. The number of hydrogen-bond acceptors (Lipinski definition) is 6. The van der Waals surface area contributed by atoms with E-state index >= 15 is 0 Å². The highest BCUT2D eigenvalue weighted by molar-refractivity contribution is 5.50. The fraction of sp³-hybridized carbons (Fsp3) is 0.421. The highest BCUT2D eigenvalue weighted by Crippen LogP contribution is 2.19. The first-order chi connectivity index (χ1) is 12.7. The lowest BCUT2D eigenvalue weighted by Gasteiger charge is -2.33. The normalized spacial score (nSPS) is 14.2. The first-order valence-corrected chi connectivity index (χ1v) is 8.85. The lowest BCUT2D eigenvalue weighted by molar-refractivity contribution is -0.118. The van der Waals surface area contributed by atoms with E-state index < -0.39 is 0 Å². The molecule has 138 valence electrons. The molecule has 0 unspecified atom stereocenters. The van der Waals surface area contributed by atoms with Crippen LogP contribution in [0.15, 0.2) is 30.3 Å². The van der Waals surface area contributed by atoms with Gasteiger partial charge < -0.3 is 19.9 Å². The molecule has 1 fully saturated rings. The lowest BCUT2D eigenvalue weighted by Crippen LogP contribution is -2.46. The minimum Gasteiger partial charge on any atom is -0.496 e. The van der Waals surface area contributed by atoms with Gasteiger partial charge in [0.2, 0.25) is 12.4 Å². The summed E-state index contributed by atoms with van der Waals surface area (Å²) < 4.78 is 5.39. The monoisotopic (exact) mass is 355 g/mol. The van der Waals surface area contributed by atoms with Gasteiger partial charge in [0.25, 0.3) is 0 Å². The standard InChI is InChI=1S/C19H25N5O2/c1-15-13-18(24-11-9-23(14-25)10-12-24)22-19(21-15)20-8-7-16-5-3-4-6-17(16)26-2/h3-6,13-14H,7-12H2,1-2H3,(H,20,21,22). The van der Waals surface area contributed by atoms with Crippen molar-refractivity contribution in [2.75, 3.05) is 50.1 Å². The molecule has 7 nitrogen and oxygen atoms in total. The number of para-hydroxylation sites is 1. The van der Waals surface area contributed by atoms with Gasteiger partial charge in [0, 0.05) is 44.5 Å². The van der Waals surface area contributed by atoms with E-state index in [-0.39, 0.29) is 0 Å². The second-order valence-electron chi connectivity index (χ2n) is 6.31. The number of methoxy groups -OCH3 is 1. The average Bonchev–Trinajstić information content (AvgIpc) is 2.68. The first kappa shape index (κ1) is 18.0. The fourth-order valence-corrected chi connectivity index (χ4v) is 3.07. The van der Waals surface area contributed by atoms with Gasteiger partial charge in [-0.1, -0.05) is 18.2 Å². The smallest absolute Gasteiger partial charge is 0.224 e. The Kier molecular flexibility index (Phi) is 5.88. The molecular formula is C19H25N5O2. The van der Waals surface area contributed by atoms with Crippen molar-refractivity contribution in [3.63, 3.8) is 0 Å². The molecule has 1 saturated heterocycles. The highest BCUT2D eigenvalue weighted by Gasteiger charge is 2.17. The molecule has 2 aromatic rings. The third kappa shape index (κ3) is 4.41. The van der Waals surface area contributed by atoms with Crippen LogP contribution in [0.5, 0.6) is 5.75 Å². The van der Waals surface area contributed by atoms with Gasteiger partial charge in [-0.3, -0.25) is 4.79 Å². The van der Waals surface area contributed by atoms with Crippen molar-refractivity contribution in [2.45, 2.75) is 13.3 Å². The predicted molar refractivity (Wildman–Crippen MR) is 102 cm³/mol. The summed E-state index contributed by atoms with van der Waals surface area (Å²) >= 11 is 0. The number of carbonyl (C=O) groups is 1. The molecule has 0 aliphatic carbocycles. The van der Waals surface area contributed by atoms with Crippen molar-refractivity contribution in [1.82, 2.24) is 14.9 Å². The molecule has 0 bridgehead atoms. The number of piperazine rings is 1. The number of nitrogens with zero attached hydrogens (tertiary/aromatic N) is 4. The van der Waals surface area contributed by atoms with Gasteiger partial charge in [0.1, 0.15) is 11.6 Å². The molecule has 1 aromatic heterocycles. The Balaban J connectivity index is 1.62. The van der Waals surface area contributed by atoms with Gasteiger partial charge in [0.05, 0.1) is 7.11 Å². The third-order valence-corrected chi connectivity index (χ3v) is 4.50. The Labute approximate surface area is 154 Å². The van der Waals surface area contributed by atoms with Crippen LogP contribution < -0.4 is 15.0 Å². The number of aromatic nitrogens is 2. The van der Waals surface area contributed by atoms with Gasteiger partial charge in [0.15, 0.2) is 0 Å². The van der Waals surface area contributed by atoms with Crippen LogP contribution in [0.25, 0.3) is 0 Å². The first-order valence-electron chi connectivity index (χ1n) is 8.85. The summed E-state index contributed by atoms with van der Waals surface area (Å²) in [4.78, 5) is 24.0. The van der Waals surface area contributed by atoms with E-state index in [0.29, 0.717) is 5.95 Å². The summed E-state index contributed by atoms with van der Waals surface area (Å²) in [5.41, 5.74) is 2.08. The van der Waals surface area contributed by atoms with Crippen molar-refractivity contribution in [2.24, 2.45) is 0 Å². The summed E-state index contributed by atoms with van der Waals surface area (Å²) in [5.74, 6) is 2.43. The molecule has 26 heavy (non-hydrogen) atoms. The quantitative estimate of drug-likeness (QED) is 0.763. The molecule has 1 aliphatic heterocycles. The Bertz CT molecular complexity index is 744. The number of ether oxygens (including phenoxy) is 1. The summed E-state index contributed by atoms with van der Waals surface area (Å²) in [5, 5.41) is 3.31. The summed E-state index contributed by atoms with van der Waals surface area (Å²) in [6.45, 7) is 5.72. The van der Waals surface area contributed by atoms with Gasteiger partial charge >= 0.3 is 0 Å². The SMILES string of the molecule is COc1ccccc1CCNc1nc(C)cc(N2CCN(C=O)CC2)n1. The number of nitrogens with one attached hydrogen (secondary N) is 1. The number of hydrogen-bond donors (Lipinski definition) is 1. The minimum atomic E-state index is 0.632. The Morgan fingerprint density at radius 2 is 1.96 bits per heavy atom. The summed E-state index contributed by atoms with van der Waals surface area (Å²) in [6, 6.07) is 10.0. The number of amides is 1. The fourth-order valence-electron chi connectivity index (χ4n) is 3.07. The van der Waals surface area contributed by atoms with Crippen LogP contribution in [-0.4, -0.2) is 61.1 Å². The summed E-state index contributed by atoms with van der Waals surface area (Å²) in [7, 11) is 1.69. The predicted octanol–water partition coefficient (Wildman–Crippen LogP) is 1.73. The molecule has 0 atom stereocenters. The maximum Gasteiger partial charge on any atom is 0.224 e. The van der Waals surface area contributed by atoms with Gasteiger partial charge in [-0.05, 0) is 25.0 Å². The second-order valence-corrected chi connectivity index (χ2v) is 6.31. The van der Waals surface area contributed by atoms with Crippen LogP contribution in [0.4, 0.5) is 11.8 Å². The molecule has 2 heterocycles. The Morgan fingerprint density at radius 3 is 2.69 bits per heavy atom. The number of carbonyl (C=O) groups excluding carboxylic acids is 1.